The number of hydrogen-bond acceptors (Lipinski definition) is 6. The van der Waals surface area contributed by atoms with Crippen LogP contribution >= 0.6 is 0 Å². The molecule has 0 aliphatic carbocycles. The van der Waals surface area contributed by atoms with Crippen LogP contribution in [0.3, 0.4) is 0 Å². The van der Waals surface area contributed by atoms with Crippen LogP contribution in [0.15, 0.2) is 91.1 Å². The molecule has 0 radical (unpaired) electrons. The van der Waals surface area contributed by atoms with Gasteiger partial charge >= 0.3 is 18.0 Å². The van der Waals surface area contributed by atoms with E-state index >= 15 is 0 Å². The topological polar surface area (TPSA) is 95.9 Å². The van der Waals surface area contributed by atoms with Gasteiger partial charge < -0.3 is 24.1 Å². The zero-order valence-corrected chi connectivity index (χ0v) is 23.0. The predicted octanol–water partition coefficient (Wildman–Crippen LogP) is 5.56. The van der Waals surface area contributed by atoms with Crippen molar-refractivity contribution in [2.45, 2.75) is 58.6 Å². The maximum Gasteiger partial charge on any atom is 0.408 e. The van der Waals surface area contributed by atoms with Crippen molar-refractivity contribution >= 4 is 28.9 Å². The molecule has 8 nitrogen and oxygen atoms in total. The number of nitrogens with zero attached hydrogens (tertiary/aromatic N) is 1. The van der Waals surface area contributed by atoms with Gasteiger partial charge in [-0.2, -0.15) is 0 Å². The first-order valence-corrected chi connectivity index (χ1v) is 13.1. The Kier molecular flexibility index (Phi) is 9.22. The van der Waals surface area contributed by atoms with Crippen molar-refractivity contribution in [1.82, 2.24) is 9.88 Å². The zero-order chi connectivity index (χ0) is 28.5. The van der Waals surface area contributed by atoms with Gasteiger partial charge in [0.25, 0.3) is 0 Å². The molecule has 0 aliphatic heterocycles. The Labute approximate surface area is 233 Å². The normalized spacial score (nSPS) is 12.0. The summed E-state index contributed by atoms with van der Waals surface area (Å²) in [4.78, 5) is 38.5. The molecule has 0 fully saturated rings. The Morgan fingerprint density at radius 3 is 2.00 bits per heavy atom. The summed E-state index contributed by atoms with van der Waals surface area (Å²) >= 11 is 0. The van der Waals surface area contributed by atoms with Crippen LogP contribution in [0.25, 0.3) is 10.9 Å². The van der Waals surface area contributed by atoms with E-state index < -0.39 is 23.7 Å². The average molecular weight is 543 g/mol. The molecule has 40 heavy (non-hydrogen) atoms. The Morgan fingerprint density at radius 1 is 0.800 bits per heavy atom. The van der Waals surface area contributed by atoms with Gasteiger partial charge in [0, 0.05) is 23.5 Å². The van der Waals surface area contributed by atoms with Crippen LogP contribution in [0.1, 0.15) is 37.5 Å². The van der Waals surface area contributed by atoms with E-state index in [4.69, 9.17) is 14.2 Å². The molecule has 208 valence electrons. The lowest BCUT2D eigenvalue weighted by Gasteiger charge is -2.19. The molecule has 0 bridgehead atoms. The van der Waals surface area contributed by atoms with Crippen LogP contribution in [0.5, 0.6) is 0 Å². The molecule has 1 aromatic heterocycles. The van der Waals surface area contributed by atoms with Gasteiger partial charge in [-0.15, -0.1) is 0 Å². The highest BCUT2D eigenvalue weighted by molar-refractivity contribution is 5.87. The Balaban J connectivity index is 1.53. The predicted molar refractivity (Wildman–Crippen MR) is 151 cm³/mol. The van der Waals surface area contributed by atoms with Crippen molar-refractivity contribution < 1.29 is 28.6 Å². The van der Waals surface area contributed by atoms with E-state index in [1.54, 1.807) is 4.57 Å². The van der Waals surface area contributed by atoms with Gasteiger partial charge in [0.2, 0.25) is 0 Å². The number of benzene rings is 3. The lowest BCUT2D eigenvalue weighted by Crippen LogP contribution is -2.43. The van der Waals surface area contributed by atoms with Gasteiger partial charge in [-0.3, -0.25) is 4.79 Å². The molecular formula is C32H34N2O6. The second-order valence-corrected chi connectivity index (χ2v) is 10.4. The number of amides is 1. The number of ether oxygens (including phenoxy) is 3. The quantitative estimate of drug-likeness (QED) is 0.208. The number of carbonyl (C=O) groups is 3. The van der Waals surface area contributed by atoms with Crippen LogP contribution in [-0.4, -0.2) is 34.2 Å². The molecule has 1 unspecified atom stereocenters. The Morgan fingerprint density at radius 2 is 1.38 bits per heavy atom. The zero-order valence-electron chi connectivity index (χ0n) is 23.0. The third-order valence-electron chi connectivity index (χ3n) is 6.03. The molecule has 4 rings (SSSR count). The minimum atomic E-state index is -1.02. The van der Waals surface area contributed by atoms with Crippen molar-refractivity contribution in [3.05, 3.63) is 108 Å². The average Bonchev–Trinajstić information content (AvgIpc) is 3.27. The number of hydrogen-bond donors (Lipinski definition) is 1. The number of rotatable bonds is 10. The second-order valence-electron chi connectivity index (χ2n) is 10.4. The van der Waals surface area contributed by atoms with Gasteiger partial charge in [-0.1, -0.05) is 78.9 Å². The van der Waals surface area contributed by atoms with Gasteiger partial charge in [-0.25, -0.2) is 9.59 Å². The summed E-state index contributed by atoms with van der Waals surface area (Å²) in [5.74, 6) is -0.967. The van der Waals surface area contributed by atoms with E-state index in [9.17, 15) is 14.4 Å². The molecule has 1 heterocycles. The maximum absolute atomic E-state index is 13.2. The number of esters is 2. The highest BCUT2D eigenvalue weighted by atomic mass is 16.6. The molecule has 0 saturated carbocycles. The lowest BCUT2D eigenvalue weighted by molar-refractivity contribution is -0.155. The van der Waals surface area contributed by atoms with Gasteiger partial charge in [0.1, 0.15) is 31.4 Å². The fourth-order valence-electron chi connectivity index (χ4n) is 4.28. The van der Waals surface area contributed by atoms with Gasteiger partial charge in [-0.05, 0) is 43.5 Å². The summed E-state index contributed by atoms with van der Waals surface area (Å²) in [6.45, 7) is 5.59. The summed E-state index contributed by atoms with van der Waals surface area (Å²) in [6.07, 6.45) is 1.21. The molecule has 1 N–H and O–H groups in total. The first-order valence-electron chi connectivity index (χ1n) is 13.1. The molecule has 0 aliphatic rings. The highest BCUT2D eigenvalue weighted by Gasteiger charge is 2.26. The monoisotopic (exact) mass is 542 g/mol. The van der Waals surface area contributed by atoms with Crippen LogP contribution in [0.4, 0.5) is 4.79 Å². The Bertz CT molecular complexity index is 1440. The van der Waals surface area contributed by atoms with Crippen molar-refractivity contribution in [2.24, 2.45) is 0 Å². The van der Waals surface area contributed by atoms with Crippen LogP contribution in [0.2, 0.25) is 0 Å². The number of aromatic nitrogens is 1. The number of nitrogens with one attached hydrogen (secondary N) is 1. The SMILES string of the molecule is CC(C)(C)OC(=O)Cn1cc(CC(NC(=O)OCc2ccccc2)C(=O)OCc2ccccc2)c2ccccc21. The molecule has 0 saturated heterocycles. The standard InChI is InChI=1S/C32H34N2O6/c1-32(2,3)40-29(35)20-34-19-25(26-16-10-11-17-28(26)34)18-27(30(36)38-21-23-12-6-4-7-13-23)33-31(37)39-22-24-14-8-5-9-15-24/h4-17,19,27H,18,20-22H2,1-3H3,(H,33,37). The van der Waals surface area contributed by atoms with Crippen molar-refractivity contribution in [2.75, 3.05) is 0 Å². The molecule has 4 aromatic rings. The minimum Gasteiger partial charge on any atom is -0.459 e. The smallest absolute Gasteiger partial charge is 0.408 e. The fourth-order valence-corrected chi connectivity index (χ4v) is 4.28. The van der Waals surface area contributed by atoms with Gasteiger partial charge in [0.05, 0.1) is 0 Å². The molecule has 0 spiro atoms. The molecular weight excluding hydrogens is 508 g/mol. The van der Waals surface area contributed by atoms with E-state index in [0.717, 1.165) is 27.6 Å². The fraction of sp³-hybridized carbons (Fsp3) is 0.281. The largest absolute Gasteiger partial charge is 0.459 e. The summed E-state index contributed by atoms with van der Waals surface area (Å²) in [7, 11) is 0. The van der Waals surface area contributed by atoms with E-state index in [2.05, 4.69) is 5.32 Å². The van der Waals surface area contributed by atoms with Crippen molar-refractivity contribution in [3.63, 3.8) is 0 Å². The first kappa shape index (κ1) is 28.4. The molecule has 3 aromatic carbocycles. The van der Waals surface area contributed by atoms with Gasteiger partial charge in [0.15, 0.2) is 0 Å². The van der Waals surface area contributed by atoms with E-state index in [0.29, 0.717) is 0 Å². The number of para-hydroxylation sites is 1. The molecule has 8 heteroatoms. The summed E-state index contributed by atoms with van der Waals surface area (Å²) in [5, 5.41) is 3.53. The number of fused-ring (bicyclic) bond motifs is 1. The highest BCUT2D eigenvalue weighted by Crippen LogP contribution is 2.24. The lowest BCUT2D eigenvalue weighted by atomic mass is 10.1. The van der Waals surface area contributed by atoms with E-state index in [1.807, 2.05) is 112 Å². The summed E-state index contributed by atoms with van der Waals surface area (Å²) < 4.78 is 18.2. The van der Waals surface area contributed by atoms with Crippen LogP contribution < -0.4 is 5.32 Å². The first-order chi connectivity index (χ1) is 19.2. The number of carbonyl (C=O) groups excluding carboxylic acids is 3. The Hall–Kier alpha value is -4.59. The second kappa shape index (κ2) is 13.0. The van der Waals surface area contributed by atoms with E-state index in [-0.39, 0.29) is 32.1 Å². The number of alkyl carbamates (subject to hydrolysis) is 1. The third kappa shape index (κ3) is 8.20. The van der Waals surface area contributed by atoms with E-state index in [1.165, 1.54) is 0 Å². The minimum absolute atomic E-state index is 0.00739. The van der Waals surface area contributed by atoms with Crippen LogP contribution in [-0.2, 0) is 50.0 Å². The van der Waals surface area contributed by atoms with Crippen molar-refractivity contribution in [3.8, 4) is 0 Å². The molecule has 1 amide bonds. The molecule has 1 atom stereocenters. The van der Waals surface area contributed by atoms with Crippen molar-refractivity contribution in [1.29, 1.82) is 0 Å². The maximum atomic E-state index is 13.2. The van der Waals surface area contributed by atoms with Crippen LogP contribution in [0, 0.1) is 0 Å². The summed E-state index contributed by atoms with van der Waals surface area (Å²) in [6, 6.07) is 25.1. The third-order valence-corrected chi connectivity index (χ3v) is 6.03. The summed E-state index contributed by atoms with van der Waals surface area (Å²) in [5.41, 5.74) is 2.62.